The lowest BCUT2D eigenvalue weighted by Crippen LogP contribution is -2.10. The van der Waals surface area contributed by atoms with Crippen molar-refractivity contribution in [3.8, 4) is 0 Å². The van der Waals surface area contributed by atoms with Gasteiger partial charge in [0.1, 0.15) is 0 Å². The first kappa shape index (κ1) is 12.9. The summed E-state index contributed by atoms with van der Waals surface area (Å²) in [4.78, 5) is 13.0. The zero-order valence-corrected chi connectivity index (χ0v) is 12.3. The Morgan fingerprint density at radius 1 is 1.00 bits per heavy atom. The van der Waals surface area contributed by atoms with Gasteiger partial charge in [-0.25, -0.2) is 0 Å². The topological polar surface area (TPSA) is 29.1 Å². The summed E-state index contributed by atoms with van der Waals surface area (Å²) in [5, 5.41) is 4.07. The first-order valence-electron chi connectivity index (χ1n) is 6.51. The lowest BCUT2D eigenvalue weighted by Gasteiger charge is -2.06. The highest BCUT2D eigenvalue weighted by molar-refractivity contribution is 7.20. The molecular formula is C17H15NOS. The van der Waals surface area contributed by atoms with E-state index in [9.17, 15) is 4.79 Å². The molecule has 0 atom stereocenters. The Labute approximate surface area is 122 Å². The molecule has 0 bridgehead atoms. The molecule has 0 aliphatic heterocycles. The molecule has 2 aromatic carbocycles. The highest BCUT2D eigenvalue weighted by atomic mass is 32.1. The van der Waals surface area contributed by atoms with Crippen LogP contribution >= 0.6 is 11.3 Å². The molecule has 0 aliphatic carbocycles. The molecule has 0 saturated heterocycles. The van der Waals surface area contributed by atoms with E-state index in [4.69, 9.17) is 0 Å². The van der Waals surface area contributed by atoms with Crippen LogP contribution in [0.15, 0.2) is 48.5 Å². The maximum Gasteiger partial charge on any atom is 0.265 e. The molecule has 0 spiro atoms. The summed E-state index contributed by atoms with van der Waals surface area (Å²) in [6.07, 6.45) is 0. The molecule has 3 aromatic rings. The fourth-order valence-electron chi connectivity index (χ4n) is 2.11. The molecule has 0 radical (unpaired) electrons. The van der Waals surface area contributed by atoms with Gasteiger partial charge < -0.3 is 5.32 Å². The Balaban J connectivity index is 1.86. The van der Waals surface area contributed by atoms with Crippen LogP contribution in [0.3, 0.4) is 0 Å². The Morgan fingerprint density at radius 3 is 2.55 bits per heavy atom. The number of hydrogen-bond acceptors (Lipinski definition) is 2. The maximum absolute atomic E-state index is 12.3. The third kappa shape index (κ3) is 2.45. The van der Waals surface area contributed by atoms with Gasteiger partial charge in [-0.3, -0.25) is 4.79 Å². The number of rotatable bonds is 2. The molecule has 100 valence electrons. The van der Waals surface area contributed by atoms with Crippen LogP contribution < -0.4 is 5.32 Å². The van der Waals surface area contributed by atoms with Crippen molar-refractivity contribution < 1.29 is 4.79 Å². The van der Waals surface area contributed by atoms with Crippen LogP contribution in [0.5, 0.6) is 0 Å². The van der Waals surface area contributed by atoms with Crippen LogP contribution in [0, 0.1) is 13.8 Å². The second-order valence-corrected chi connectivity index (χ2v) is 5.99. The van der Waals surface area contributed by atoms with Gasteiger partial charge in [0.25, 0.3) is 5.91 Å². The van der Waals surface area contributed by atoms with Gasteiger partial charge in [0, 0.05) is 10.4 Å². The van der Waals surface area contributed by atoms with E-state index in [1.165, 1.54) is 22.5 Å². The Hall–Kier alpha value is -2.13. The highest BCUT2D eigenvalue weighted by Gasteiger charge is 2.10. The van der Waals surface area contributed by atoms with Gasteiger partial charge in [0.2, 0.25) is 0 Å². The van der Waals surface area contributed by atoms with Gasteiger partial charge in [0.15, 0.2) is 0 Å². The second kappa shape index (κ2) is 5.10. The van der Waals surface area contributed by atoms with E-state index in [1.807, 2.05) is 55.5 Å². The maximum atomic E-state index is 12.3. The monoisotopic (exact) mass is 281 g/mol. The third-order valence-corrected chi connectivity index (χ3v) is 4.53. The summed E-state index contributed by atoms with van der Waals surface area (Å²) < 4.78 is 1.14. The number of carbonyl (C=O) groups is 1. The lowest BCUT2D eigenvalue weighted by molar-refractivity contribution is 0.103. The first-order valence-corrected chi connectivity index (χ1v) is 7.32. The molecular weight excluding hydrogens is 266 g/mol. The first-order chi connectivity index (χ1) is 9.63. The van der Waals surface area contributed by atoms with Gasteiger partial charge in [-0.1, -0.05) is 24.3 Å². The Kier molecular flexibility index (Phi) is 3.28. The van der Waals surface area contributed by atoms with Crippen LogP contribution in [0.25, 0.3) is 10.1 Å². The minimum Gasteiger partial charge on any atom is -0.321 e. The number of thiophene rings is 1. The van der Waals surface area contributed by atoms with Crippen LogP contribution in [-0.2, 0) is 0 Å². The summed E-state index contributed by atoms with van der Waals surface area (Å²) in [5.41, 5.74) is 3.25. The summed E-state index contributed by atoms with van der Waals surface area (Å²) in [5.74, 6) is -0.0468. The van der Waals surface area contributed by atoms with Gasteiger partial charge in [0.05, 0.1) is 4.88 Å². The third-order valence-electron chi connectivity index (χ3n) is 3.41. The van der Waals surface area contributed by atoms with Gasteiger partial charge in [-0.05, 0) is 54.6 Å². The predicted octanol–water partition coefficient (Wildman–Crippen LogP) is 4.77. The number of hydrogen-bond donors (Lipinski definition) is 1. The minimum atomic E-state index is -0.0468. The molecule has 1 aromatic heterocycles. The summed E-state index contributed by atoms with van der Waals surface area (Å²) >= 11 is 1.52. The average molecular weight is 281 g/mol. The smallest absolute Gasteiger partial charge is 0.265 e. The molecule has 3 heteroatoms. The van der Waals surface area contributed by atoms with Gasteiger partial charge >= 0.3 is 0 Å². The standard InChI is InChI=1S/C17H15NOS/c1-11-7-8-14(9-12(11)2)18-17(19)16-10-13-5-3-4-6-15(13)20-16/h3-10H,1-2H3,(H,18,19). The molecule has 0 aliphatic rings. The minimum absolute atomic E-state index is 0.0468. The molecule has 0 saturated carbocycles. The van der Waals surface area contributed by atoms with Crippen molar-refractivity contribution in [2.45, 2.75) is 13.8 Å². The molecule has 0 unspecified atom stereocenters. The highest BCUT2D eigenvalue weighted by Crippen LogP contribution is 2.26. The summed E-state index contributed by atoms with van der Waals surface area (Å²) in [6, 6.07) is 15.9. The summed E-state index contributed by atoms with van der Waals surface area (Å²) in [7, 11) is 0. The van der Waals surface area contributed by atoms with Crippen LogP contribution in [0.4, 0.5) is 5.69 Å². The van der Waals surface area contributed by atoms with E-state index in [1.54, 1.807) is 0 Å². The van der Waals surface area contributed by atoms with Crippen molar-refractivity contribution >= 4 is 33.0 Å². The van der Waals surface area contributed by atoms with Crippen LogP contribution in [0.1, 0.15) is 20.8 Å². The number of nitrogens with one attached hydrogen (secondary N) is 1. The van der Waals surface area contributed by atoms with Crippen molar-refractivity contribution in [1.29, 1.82) is 0 Å². The largest absolute Gasteiger partial charge is 0.321 e. The number of aryl methyl sites for hydroxylation is 2. The van der Waals surface area contributed by atoms with E-state index in [2.05, 4.69) is 12.2 Å². The number of anilines is 1. The Bertz CT molecular complexity index is 756. The molecule has 0 fully saturated rings. The fraction of sp³-hybridized carbons (Fsp3) is 0.118. The molecule has 3 rings (SSSR count). The molecule has 1 N–H and O–H groups in total. The number of fused-ring (bicyclic) bond motifs is 1. The molecule has 2 nitrogen and oxygen atoms in total. The van der Waals surface area contributed by atoms with E-state index in [0.717, 1.165) is 20.7 Å². The quantitative estimate of drug-likeness (QED) is 0.720. The van der Waals surface area contributed by atoms with Crippen molar-refractivity contribution in [1.82, 2.24) is 0 Å². The average Bonchev–Trinajstić information content (AvgIpc) is 2.87. The van der Waals surface area contributed by atoms with Crippen LogP contribution in [-0.4, -0.2) is 5.91 Å². The van der Waals surface area contributed by atoms with Crippen molar-refractivity contribution in [2.75, 3.05) is 5.32 Å². The van der Waals surface area contributed by atoms with Crippen molar-refractivity contribution in [3.05, 3.63) is 64.5 Å². The lowest BCUT2D eigenvalue weighted by atomic mass is 10.1. The SMILES string of the molecule is Cc1ccc(NC(=O)c2cc3ccccc3s2)cc1C. The van der Waals surface area contributed by atoms with E-state index >= 15 is 0 Å². The number of amides is 1. The fourth-order valence-corrected chi connectivity index (χ4v) is 3.06. The van der Waals surface area contributed by atoms with E-state index < -0.39 is 0 Å². The van der Waals surface area contributed by atoms with Gasteiger partial charge in [-0.2, -0.15) is 0 Å². The molecule has 1 heterocycles. The van der Waals surface area contributed by atoms with Crippen molar-refractivity contribution in [3.63, 3.8) is 0 Å². The number of carbonyl (C=O) groups excluding carboxylic acids is 1. The molecule has 20 heavy (non-hydrogen) atoms. The van der Waals surface area contributed by atoms with E-state index in [-0.39, 0.29) is 5.91 Å². The normalized spacial score (nSPS) is 10.7. The second-order valence-electron chi connectivity index (χ2n) is 4.90. The molecule has 1 amide bonds. The zero-order valence-electron chi connectivity index (χ0n) is 11.4. The van der Waals surface area contributed by atoms with Gasteiger partial charge in [-0.15, -0.1) is 11.3 Å². The summed E-state index contributed by atoms with van der Waals surface area (Å²) in [6.45, 7) is 4.11. The zero-order chi connectivity index (χ0) is 14.1. The van der Waals surface area contributed by atoms with Crippen LogP contribution in [0.2, 0.25) is 0 Å². The Morgan fingerprint density at radius 2 is 1.80 bits per heavy atom. The predicted molar refractivity (Wildman–Crippen MR) is 85.7 cm³/mol. The number of benzene rings is 2. The van der Waals surface area contributed by atoms with E-state index in [0.29, 0.717) is 0 Å². The van der Waals surface area contributed by atoms with Crippen molar-refractivity contribution in [2.24, 2.45) is 0 Å².